The second-order valence-corrected chi connectivity index (χ2v) is 6.80. The van der Waals surface area contributed by atoms with Crippen LogP contribution in [0.4, 0.5) is 0 Å². The predicted molar refractivity (Wildman–Crippen MR) is 105 cm³/mol. The average molecular weight is 378 g/mol. The molecule has 0 bridgehead atoms. The van der Waals surface area contributed by atoms with Gasteiger partial charge in [0.1, 0.15) is 12.1 Å². The van der Waals surface area contributed by atoms with E-state index in [0.29, 0.717) is 18.5 Å². The maximum Gasteiger partial charge on any atom is 0.251 e. The number of thiazole rings is 1. The number of hydrogen-bond acceptors (Lipinski definition) is 5. The first kappa shape index (κ1) is 17.2. The average Bonchev–Trinajstić information content (AvgIpc) is 3.33. The van der Waals surface area contributed by atoms with Crippen molar-refractivity contribution in [3.8, 4) is 16.9 Å². The highest BCUT2D eigenvalue weighted by molar-refractivity contribution is 7.15. The topological polar surface area (TPSA) is 68.5 Å². The van der Waals surface area contributed by atoms with Gasteiger partial charge in [-0.05, 0) is 23.8 Å². The molecule has 27 heavy (non-hydrogen) atoms. The molecule has 4 aromatic rings. The van der Waals surface area contributed by atoms with Gasteiger partial charge in [0.15, 0.2) is 0 Å². The predicted octanol–water partition coefficient (Wildman–Crippen LogP) is 3.44. The van der Waals surface area contributed by atoms with E-state index in [2.05, 4.69) is 15.4 Å². The van der Waals surface area contributed by atoms with E-state index in [0.717, 1.165) is 27.5 Å². The number of methoxy groups -OCH3 is 1. The standard InChI is InChI=1S/C20H18N4O2S/c1-26-18-8-7-15(11-17(18)14-5-3-2-4-6-14)19(25)21-10-9-16-12-27-20-22-13-23-24(16)20/h2-8,11-13H,9-10H2,1H3,(H,21,25). The van der Waals surface area contributed by atoms with Crippen molar-refractivity contribution < 1.29 is 9.53 Å². The zero-order valence-corrected chi connectivity index (χ0v) is 15.6. The van der Waals surface area contributed by atoms with Crippen molar-refractivity contribution in [2.45, 2.75) is 6.42 Å². The summed E-state index contributed by atoms with van der Waals surface area (Å²) in [5.74, 6) is 0.629. The zero-order chi connectivity index (χ0) is 18.6. The van der Waals surface area contributed by atoms with Crippen LogP contribution in [0, 0.1) is 0 Å². The van der Waals surface area contributed by atoms with Gasteiger partial charge in [0.2, 0.25) is 4.96 Å². The van der Waals surface area contributed by atoms with Gasteiger partial charge in [-0.25, -0.2) is 9.50 Å². The number of amides is 1. The van der Waals surface area contributed by atoms with Crippen molar-refractivity contribution in [1.82, 2.24) is 19.9 Å². The van der Waals surface area contributed by atoms with Crippen molar-refractivity contribution in [2.24, 2.45) is 0 Å². The maximum absolute atomic E-state index is 12.6. The van der Waals surface area contributed by atoms with E-state index in [1.807, 2.05) is 47.8 Å². The normalized spacial score (nSPS) is 10.9. The minimum atomic E-state index is -0.111. The molecular formula is C20H18N4O2S. The summed E-state index contributed by atoms with van der Waals surface area (Å²) in [6.45, 7) is 0.525. The Morgan fingerprint density at radius 2 is 2.07 bits per heavy atom. The number of nitrogens with one attached hydrogen (secondary N) is 1. The molecule has 4 rings (SSSR count). The molecule has 0 radical (unpaired) electrons. The maximum atomic E-state index is 12.6. The first-order chi connectivity index (χ1) is 13.3. The molecule has 2 heterocycles. The van der Waals surface area contributed by atoms with E-state index in [1.165, 1.54) is 6.33 Å². The Labute approximate surface area is 160 Å². The second-order valence-electron chi connectivity index (χ2n) is 5.97. The van der Waals surface area contributed by atoms with Gasteiger partial charge in [0.05, 0.1) is 12.8 Å². The summed E-state index contributed by atoms with van der Waals surface area (Å²) in [7, 11) is 1.63. The van der Waals surface area contributed by atoms with Crippen LogP contribution in [0.15, 0.2) is 60.2 Å². The third-order valence-electron chi connectivity index (χ3n) is 4.30. The fourth-order valence-electron chi connectivity index (χ4n) is 2.94. The Balaban J connectivity index is 1.48. The lowest BCUT2D eigenvalue weighted by Crippen LogP contribution is -2.26. The number of carbonyl (C=O) groups is 1. The highest BCUT2D eigenvalue weighted by Gasteiger charge is 2.12. The quantitative estimate of drug-likeness (QED) is 0.558. The van der Waals surface area contributed by atoms with Crippen LogP contribution in [0.25, 0.3) is 16.1 Å². The molecule has 0 spiro atoms. The van der Waals surface area contributed by atoms with Gasteiger partial charge >= 0.3 is 0 Å². The van der Waals surface area contributed by atoms with Crippen LogP contribution in [0.3, 0.4) is 0 Å². The fraction of sp³-hybridized carbons (Fsp3) is 0.150. The molecule has 1 N–H and O–H groups in total. The summed E-state index contributed by atoms with van der Waals surface area (Å²) < 4.78 is 7.25. The van der Waals surface area contributed by atoms with Crippen molar-refractivity contribution in [2.75, 3.05) is 13.7 Å². The van der Waals surface area contributed by atoms with Crippen LogP contribution in [0.5, 0.6) is 5.75 Å². The molecule has 0 aliphatic heterocycles. The third kappa shape index (κ3) is 3.54. The monoisotopic (exact) mass is 378 g/mol. The minimum Gasteiger partial charge on any atom is -0.496 e. The van der Waals surface area contributed by atoms with Crippen LogP contribution in [-0.4, -0.2) is 34.2 Å². The zero-order valence-electron chi connectivity index (χ0n) is 14.8. The number of nitrogens with zero attached hydrogens (tertiary/aromatic N) is 3. The Morgan fingerprint density at radius 3 is 2.89 bits per heavy atom. The first-order valence-electron chi connectivity index (χ1n) is 8.54. The van der Waals surface area contributed by atoms with Crippen molar-refractivity contribution >= 4 is 22.2 Å². The lowest BCUT2D eigenvalue weighted by atomic mass is 10.0. The highest BCUT2D eigenvalue weighted by Crippen LogP contribution is 2.30. The first-order valence-corrected chi connectivity index (χ1v) is 9.42. The molecule has 136 valence electrons. The number of rotatable bonds is 6. The number of carbonyl (C=O) groups excluding carboxylic acids is 1. The SMILES string of the molecule is COc1ccc(C(=O)NCCc2csc3ncnn23)cc1-c1ccccc1. The van der Waals surface area contributed by atoms with Gasteiger partial charge in [-0.3, -0.25) is 4.79 Å². The van der Waals surface area contributed by atoms with Gasteiger partial charge in [-0.1, -0.05) is 30.3 Å². The molecule has 0 fully saturated rings. The fourth-order valence-corrected chi connectivity index (χ4v) is 3.77. The molecule has 0 aliphatic carbocycles. The number of fused-ring (bicyclic) bond motifs is 1. The Hall–Kier alpha value is -3.19. The summed E-state index contributed by atoms with van der Waals surface area (Å²) in [5.41, 5.74) is 3.54. The number of aromatic nitrogens is 3. The van der Waals surface area contributed by atoms with E-state index in [-0.39, 0.29) is 5.91 Å². The van der Waals surface area contributed by atoms with Crippen molar-refractivity contribution in [3.63, 3.8) is 0 Å². The van der Waals surface area contributed by atoms with Crippen molar-refractivity contribution in [3.05, 3.63) is 71.5 Å². The largest absolute Gasteiger partial charge is 0.496 e. The van der Waals surface area contributed by atoms with E-state index in [1.54, 1.807) is 29.0 Å². The van der Waals surface area contributed by atoms with E-state index < -0.39 is 0 Å². The molecule has 0 aliphatic rings. The molecule has 1 amide bonds. The number of ether oxygens (including phenoxy) is 1. The molecule has 6 nitrogen and oxygen atoms in total. The van der Waals surface area contributed by atoms with Crippen LogP contribution < -0.4 is 10.1 Å². The summed E-state index contributed by atoms with van der Waals surface area (Å²) in [5, 5.41) is 9.18. The molecule has 7 heteroatoms. The summed E-state index contributed by atoms with van der Waals surface area (Å²) in [4.78, 5) is 17.6. The molecule has 2 aromatic carbocycles. The van der Waals surface area contributed by atoms with Gasteiger partial charge in [-0.2, -0.15) is 5.10 Å². The van der Waals surface area contributed by atoms with Gasteiger partial charge in [-0.15, -0.1) is 11.3 Å². The van der Waals surface area contributed by atoms with Crippen LogP contribution in [0.2, 0.25) is 0 Å². The molecule has 0 unspecified atom stereocenters. The van der Waals surface area contributed by atoms with Crippen LogP contribution >= 0.6 is 11.3 Å². The molecule has 0 saturated heterocycles. The molecule has 0 atom stereocenters. The second kappa shape index (κ2) is 7.59. The summed E-state index contributed by atoms with van der Waals surface area (Å²) >= 11 is 1.54. The van der Waals surface area contributed by atoms with Crippen LogP contribution in [-0.2, 0) is 6.42 Å². The van der Waals surface area contributed by atoms with E-state index >= 15 is 0 Å². The Morgan fingerprint density at radius 1 is 1.22 bits per heavy atom. The number of hydrogen-bond donors (Lipinski definition) is 1. The third-order valence-corrected chi connectivity index (χ3v) is 5.18. The van der Waals surface area contributed by atoms with Gasteiger partial charge in [0.25, 0.3) is 5.91 Å². The Kier molecular flexibility index (Phi) is 4.84. The summed E-state index contributed by atoms with van der Waals surface area (Å²) in [6.07, 6.45) is 2.23. The summed E-state index contributed by atoms with van der Waals surface area (Å²) in [6, 6.07) is 15.4. The lowest BCUT2D eigenvalue weighted by molar-refractivity contribution is 0.0954. The lowest BCUT2D eigenvalue weighted by Gasteiger charge is -2.11. The van der Waals surface area contributed by atoms with Gasteiger partial charge in [0, 0.05) is 29.5 Å². The van der Waals surface area contributed by atoms with E-state index in [4.69, 9.17) is 4.74 Å². The van der Waals surface area contributed by atoms with Crippen LogP contribution in [0.1, 0.15) is 16.1 Å². The van der Waals surface area contributed by atoms with Gasteiger partial charge < -0.3 is 10.1 Å². The number of benzene rings is 2. The van der Waals surface area contributed by atoms with Crippen molar-refractivity contribution in [1.29, 1.82) is 0 Å². The minimum absolute atomic E-state index is 0.111. The molecular weight excluding hydrogens is 360 g/mol. The molecule has 0 saturated carbocycles. The van der Waals surface area contributed by atoms with E-state index in [9.17, 15) is 4.79 Å². The molecule has 2 aromatic heterocycles. The smallest absolute Gasteiger partial charge is 0.251 e. The Bertz CT molecular complexity index is 1070. The highest BCUT2D eigenvalue weighted by atomic mass is 32.1.